The van der Waals surface area contributed by atoms with Crippen LogP contribution in [0.3, 0.4) is 0 Å². The van der Waals surface area contributed by atoms with E-state index in [0.29, 0.717) is 42.9 Å². The number of rotatable bonds is 11. The van der Waals surface area contributed by atoms with Crippen molar-refractivity contribution in [3.05, 3.63) is 70.7 Å². The first kappa shape index (κ1) is 34.8. The number of aliphatic carboxylic acids is 1. The lowest BCUT2D eigenvalue weighted by Gasteiger charge is -2.43. The van der Waals surface area contributed by atoms with Gasteiger partial charge in [0.15, 0.2) is 0 Å². The van der Waals surface area contributed by atoms with Gasteiger partial charge in [-0.05, 0) is 68.5 Å². The summed E-state index contributed by atoms with van der Waals surface area (Å²) in [5, 5.41) is 9.59. The number of pyridine rings is 1. The van der Waals surface area contributed by atoms with Crippen LogP contribution in [-0.4, -0.2) is 69.4 Å². The van der Waals surface area contributed by atoms with Crippen molar-refractivity contribution in [1.82, 2.24) is 19.9 Å². The summed E-state index contributed by atoms with van der Waals surface area (Å²) in [7, 11) is 1.44. The molecule has 4 heterocycles. The molecule has 2 aromatic heterocycles. The van der Waals surface area contributed by atoms with Gasteiger partial charge in [-0.3, -0.25) is 14.6 Å². The van der Waals surface area contributed by atoms with Gasteiger partial charge in [0, 0.05) is 43.2 Å². The lowest BCUT2D eigenvalue weighted by Crippen LogP contribution is -2.48. The number of methoxy groups -OCH3 is 1. The normalized spacial score (nSPS) is 19.6. The molecule has 1 aromatic carbocycles. The van der Waals surface area contributed by atoms with Crippen LogP contribution in [0.5, 0.6) is 5.88 Å². The number of alkyl halides is 4. The first-order valence-electron chi connectivity index (χ1n) is 15.8. The Hall–Kier alpha value is -4.53. The molecule has 2 aliphatic rings. The van der Waals surface area contributed by atoms with Gasteiger partial charge in [-0.2, -0.15) is 13.2 Å². The highest BCUT2D eigenvalue weighted by molar-refractivity contribution is 5.90. The number of carbonyl (C=O) groups is 2. The Bertz CT molecular complexity index is 1610. The molecule has 15 heteroatoms. The van der Waals surface area contributed by atoms with E-state index in [9.17, 15) is 32.3 Å². The SMILES string of the molecule is CCOC(=O)N1c2ccc(OC)nc2[C@@H](N(Cc2cc(CF)cc(C(F)(F)F)c2)c2ncc(CN3CCC[C@H]3C(=O)O)cn2)C[C@H]1CC. The van der Waals surface area contributed by atoms with Crippen molar-refractivity contribution in [2.24, 2.45) is 0 Å². The second kappa shape index (κ2) is 14.7. The number of amides is 1. The number of ether oxygens (including phenoxy) is 2. The minimum atomic E-state index is -4.70. The molecule has 258 valence electrons. The van der Waals surface area contributed by atoms with E-state index in [1.54, 1.807) is 36.4 Å². The average molecular weight is 675 g/mol. The molecule has 0 radical (unpaired) electrons. The van der Waals surface area contributed by atoms with Crippen molar-refractivity contribution in [3.63, 3.8) is 0 Å². The second-order valence-corrected chi connectivity index (χ2v) is 11.8. The van der Waals surface area contributed by atoms with Crippen molar-refractivity contribution >= 4 is 23.7 Å². The minimum Gasteiger partial charge on any atom is -0.481 e. The molecule has 1 fully saturated rings. The molecule has 3 aromatic rings. The van der Waals surface area contributed by atoms with Gasteiger partial charge in [-0.1, -0.05) is 13.0 Å². The van der Waals surface area contributed by atoms with E-state index >= 15 is 0 Å². The number of aromatic nitrogens is 3. The lowest BCUT2D eigenvalue weighted by atomic mass is 9.92. The Morgan fingerprint density at radius 2 is 1.81 bits per heavy atom. The second-order valence-electron chi connectivity index (χ2n) is 11.8. The zero-order chi connectivity index (χ0) is 34.6. The van der Waals surface area contributed by atoms with E-state index in [-0.39, 0.29) is 48.6 Å². The summed E-state index contributed by atoms with van der Waals surface area (Å²) in [6.45, 7) is 3.44. The van der Waals surface area contributed by atoms with Crippen LogP contribution in [-0.2, 0) is 35.5 Å². The third-order valence-corrected chi connectivity index (χ3v) is 8.70. The zero-order valence-corrected chi connectivity index (χ0v) is 26.9. The van der Waals surface area contributed by atoms with Crippen LogP contribution in [0.4, 0.5) is 34.0 Å². The third kappa shape index (κ3) is 7.45. The number of nitrogens with zero attached hydrogens (tertiary/aromatic N) is 6. The van der Waals surface area contributed by atoms with E-state index in [0.717, 1.165) is 18.6 Å². The number of likely N-dealkylation sites (tertiary alicyclic amines) is 1. The van der Waals surface area contributed by atoms with Gasteiger partial charge in [0.05, 0.1) is 36.7 Å². The van der Waals surface area contributed by atoms with Gasteiger partial charge in [-0.15, -0.1) is 0 Å². The Kier molecular flexibility index (Phi) is 10.7. The summed E-state index contributed by atoms with van der Waals surface area (Å²) < 4.78 is 66.2. The molecule has 0 bridgehead atoms. The van der Waals surface area contributed by atoms with Gasteiger partial charge in [0.2, 0.25) is 11.8 Å². The van der Waals surface area contributed by atoms with Crippen molar-refractivity contribution < 1.29 is 41.7 Å². The molecule has 0 unspecified atom stereocenters. The van der Waals surface area contributed by atoms with Gasteiger partial charge in [0.1, 0.15) is 12.7 Å². The number of hydrogen-bond acceptors (Lipinski definition) is 9. The molecule has 1 amide bonds. The van der Waals surface area contributed by atoms with E-state index in [4.69, 9.17) is 14.5 Å². The number of hydrogen-bond donors (Lipinski definition) is 1. The molecule has 3 atom stereocenters. The summed E-state index contributed by atoms with van der Waals surface area (Å²) >= 11 is 0. The highest BCUT2D eigenvalue weighted by Crippen LogP contribution is 2.43. The first-order chi connectivity index (χ1) is 23.0. The Balaban J connectivity index is 1.60. The van der Waals surface area contributed by atoms with Crippen LogP contribution in [0.1, 0.15) is 73.5 Å². The maximum absolute atomic E-state index is 13.9. The summed E-state index contributed by atoms with van der Waals surface area (Å²) in [5.41, 5.74) is 0.580. The average Bonchev–Trinajstić information content (AvgIpc) is 3.54. The topological polar surface area (TPSA) is 121 Å². The predicted molar refractivity (Wildman–Crippen MR) is 167 cm³/mol. The van der Waals surface area contributed by atoms with E-state index < -0.39 is 42.6 Å². The molecular weight excluding hydrogens is 636 g/mol. The van der Waals surface area contributed by atoms with Gasteiger partial charge < -0.3 is 19.5 Å². The quantitative estimate of drug-likeness (QED) is 0.232. The molecule has 11 nitrogen and oxygen atoms in total. The largest absolute Gasteiger partial charge is 0.481 e. The maximum atomic E-state index is 13.9. The van der Waals surface area contributed by atoms with Crippen LogP contribution in [0.25, 0.3) is 0 Å². The number of halogens is 4. The molecule has 0 spiro atoms. The molecule has 1 N–H and O–H groups in total. The van der Waals surface area contributed by atoms with E-state index in [2.05, 4.69) is 9.97 Å². The van der Waals surface area contributed by atoms with E-state index in [1.165, 1.54) is 18.1 Å². The Morgan fingerprint density at radius 1 is 1.08 bits per heavy atom. The van der Waals surface area contributed by atoms with Crippen molar-refractivity contribution in [1.29, 1.82) is 0 Å². The highest BCUT2D eigenvalue weighted by atomic mass is 19.4. The number of benzene rings is 1. The lowest BCUT2D eigenvalue weighted by molar-refractivity contribution is -0.142. The Labute approximate surface area is 275 Å². The number of carbonyl (C=O) groups excluding carboxylic acids is 1. The fourth-order valence-corrected chi connectivity index (χ4v) is 6.47. The number of carboxylic acid groups (broad SMARTS) is 1. The summed E-state index contributed by atoms with van der Waals surface area (Å²) in [6, 6.07) is 4.79. The fourth-order valence-electron chi connectivity index (χ4n) is 6.47. The Morgan fingerprint density at radius 3 is 2.44 bits per heavy atom. The van der Waals surface area contributed by atoms with Crippen LogP contribution >= 0.6 is 0 Å². The predicted octanol–water partition coefficient (Wildman–Crippen LogP) is 6.31. The standard InChI is InChI=1S/C33H38F4N6O5/c1-4-24-14-27(29-25(8-9-28(40-29)47-3)43(24)32(46)48-5-2)42(19-21-11-20(15-34)12-23(13-21)33(35,36)37)31-38-16-22(17-39-31)18-41-10-6-7-26(41)30(44)45/h8-9,11-13,16-17,24,26-27H,4-7,10,14-15,18-19H2,1-3H3,(H,44,45)/t24-,26+,27+/m1/s1. The van der Waals surface area contributed by atoms with Gasteiger partial charge in [-0.25, -0.2) is 24.1 Å². The number of fused-ring (bicyclic) bond motifs is 1. The van der Waals surface area contributed by atoms with Crippen molar-refractivity contribution in [3.8, 4) is 5.88 Å². The summed E-state index contributed by atoms with van der Waals surface area (Å²) in [6.07, 6.45) is -0.0323. The number of carboxylic acids is 1. The van der Waals surface area contributed by atoms with Crippen LogP contribution in [0.2, 0.25) is 0 Å². The molecule has 5 rings (SSSR count). The number of anilines is 2. The van der Waals surface area contributed by atoms with Crippen molar-refractivity contribution in [2.45, 2.75) is 83.6 Å². The van der Waals surface area contributed by atoms with Gasteiger partial charge >= 0.3 is 18.2 Å². The van der Waals surface area contributed by atoms with Crippen molar-refractivity contribution in [2.75, 3.05) is 30.1 Å². The van der Waals surface area contributed by atoms with Crippen LogP contribution in [0, 0.1) is 0 Å². The third-order valence-electron chi connectivity index (χ3n) is 8.70. The van der Waals surface area contributed by atoms with Gasteiger partial charge in [0.25, 0.3) is 0 Å². The highest BCUT2D eigenvalue weighted by Gasteiger charge is 2.41. The minimum absolute atomic E-state index is 0.126. The van der Waals surface area contributed by atoms with Crippen LogP contribution in [0.15, 0.2) is 42.7 Å². The molecule has 1 saturated heterocycles. The molecular formula is C33H38F4N6O5. The maximum Gasteiger partial charge on any atom is 0.416 e. The summed E-state index contributed by atoms with van der Waals surface area (Å²) in [5.74, 6) is -0.480. The fraction of sp³-hybridized carbons (Fsp3) is 0.485. The molecule has 48 heavy (non-hydrogen) atoms. The van der Waals surface area contributed by atoms with Crippen LogP contribution < -0.4 is 14.5 Å². The smallest absolute Gasteiger partial charge is 0.416 e. The molecule has 0 saturated carbocycles. The summed E-state index contributed by atoms with van der Waals surface area (Å²) in [4.78, 5) is 43.9. The molecule has 2 aliphatic heterocycles. The van der Waals surface area contributed by atoms with E-state index in [1.807, 2.05) is 11.8 Å². The first-order valence-corrected chi connectivity index (χ1v) is 15.8. The monoisotopic (exact) mass is 674 g/mol. The zero-order valence-electron chi connectivity index (χ0n) is 26.9. The molecule has 0 aliphatic carbocycles.